The zero-order chi connectivity index (χ0) is 20.8. The molecule has 3 aromatic rings. The van der Waals surface area contributed by atoms with Gasteiger partial charge in [0.15, 0.2) is 5.69 Å². The Morgan fingerprint density at radius 3 is 2.62 bits per heavy atom. The molecule has 0 unspecified atom stereocenters. The van der Waals surface area contributed by atoms with Crippen molar-refractivity contribution in [2.24, 2.45) is 0 Å². The molecule has 2 aromatic carbocycles. The molecule has 0 saturated carbocycles. The number of aliphatic hydroxyl groups is 1. The van der Waals surface area contributed by atoms with Gasteiger partial charge >= 0.3 is 5.97 Å². The molecule has 0 fully saturated rings. The van der Waals surface area contributed by atoms with Crippen molar-refractivity contribution in [2.75, 3.05) is 18.4 Å². The third-order valence-corrected chi connectivity index (χ3v) is 5.49. The lowest BCUT2D eigenvalue weighted by Gasteiger charge is -2.18. The van der Waals surface area contributed by atoms with Crippen molar-refractivity contribution in [1.29, 1.82) is 0 Å². The zero-order valence-electron chi connectivity index (χ0n) is 15.8. The summed E-state index contributed by atoms with van der Waals surface area (Å²) in [6.07, 6.45) is -0.621. The smallest absolute Gasteiger partial charge is 0.355 e. The number of nitrogens with one attached hydrogen (secondary N) is 2. The second-order valence-corrected chi connectivity index (χ2v) is 7.98. The number of nitrogens with zero attached hydrogens (tertiary/aromatic N) is 1. The van der Waals surface area contributed by atoms with Gasteiger partial charge in [-0.15, -0.1) is 11.3 Å². The van der Waals surface area contributed by atoms with Crippen LogP contribution in [0.5, 0.6) is 0 Å². The first-order valence-electron chi connectivity index (χ1n) is 9.12. The van der Waals surface area contributed by atoms with E-state index in [0.717, 1.165) is 16.8 Å². The van der Waals surface area contributed by atoms with Crippen LogP contribution in [0.4, 0.5) is 5.69 Å². The van der Waals surface area contributed by atoms with E-state index >= 15 is 0 Å². The van der Waals surface area contributed by atoms with Crippen molar-refractivity contribution in [3.05, 3.63) is 70.2 Å². The minimum absolute atomic E-state index is 0.0621. The van der Waals surface area contributed by atoms with Gasteiger partial charge in [-0.1, -0.05) is 23.7 Å². The fourth-order valence-corrected chi connectivity index (χ4v) is 3.72. The lowest BCUT2D eigenvalue weighted by atomic mass is 10.1. The predicted molar refractivity (Wildman–Crippen MR) is 117 cm³/mol. The third kappa shape index (κ3) is 6.01. The monoisotopic (exact) mass is 431 g/mol. The van der Waals surface area contributed by atoms with E-state index < -0.39 is 12.1 Å². The first-order chi connectivity index (χ1) is 13.9. The first-order valence-corrected chi connectivity index (χ1v) is 10.4. The van der Waals surface area contributed by atoms with Crippen LogP contribution in [-0.4, -0.2) is 40.3 Å². The molecule has 0 aliphatic rings. The third-order valence-electron chi connectivity index (χ3n) is 4.36. The number of hydrogen-bond acceptors (Lipinski definition) is 6. The Kier molecular flexibility index (Phi) is 7.22. The molecule has 0 radical (unpaired) electrons. The van der Waals surface area contributed by atoms with Crippen LogP contribution < -0.4 is 10.6 Å². The minimum atomic E-state index is -1.02. The molecule has 1 heterocycles. The maximum Gasteiger partial charge on any atom is 0.355 e. The Labute approximate surface area is 178 Å². The number of carboxylic acids is 1. The van der Waals surface area contributed by atoms with Crippen LogP contribution >= 0.6 is 22.9 Å². The highest BCUT2D eigenvalue weighted by molar-refractivity contribution is 7.13. The van der Waals surface area contributed by atoms with Crippen LogP contribution in [0.15, 0.2) is 53.9 Å². The van der Waals surface area contributed by atoms with E-state index in [1.165, 1.54) is 16.7 Å². The molecule has 0 spiro atoms. The number of carboxylic acid groups (broad SMARTS) is 1. The van der Waals surface area contributed by atoms with Crippen LogP contribution in [0.3, 0.4) is 0 Å². The highest BCUT2D eigenvalue weighted by Crippen LogP contribution is 2.25. The van der Waals surface area contributed by atoms with Gasteiger partial charge in [0.1, 0.15) is 5.01 Å². The number of aliphatic hydroxyl groups excluding tert-OH is 1. The predicted octanol–water partition coefficient (Wildman–Crippen LogP) is 4.29. The summed E-state index contributed by atoms with van der Waals surface area (Å²) in [7, 11) is 0. The molecular weight excluding hydrogens is 410 g/mol. The SMILES string of the molecule is C[C@H](CNc1ccc(-c2nc(C(=O)O)cs2)cc1)NC[C@H](O)c1cccc(Cl)c1. The van der Waals surface area contributed by atoms with Crippen molar-refractivity contribution in [3.8, 4) is 10.6 Å². The number of aromatic carboxylic acids is 1. The van der Waals surface area contributed by atoms with Gasteiger partial charge in [-0.25, -0.2) is 9.78 Å². The van der Waals surface area contributed by atoms with Gasteiger partial charge in [-0.2, -0.15) is 0 Å². The van der Waals surface area contributed by atoms with Gasteiger partial charge in [0.2, 0.25) is 0 Å². The Morgan fingerprint density at radius 2 is 1.97 bits per heavy atom. The Morgan fingerprint density at radius 1 is 1.21 bits per heavy atom. The summed E-state index contributed by atoms with van der Waals surface area (Å²) in [5.74, 6) is -1.02. The molecule has 6 nitrogen and oxygen atoms in total. The van der Waals surface area contributed by atoms with E-state index in [1.807, 2.05) is 43.3 Å². The molecule has 4 N–H and O–H groups in total. The van der Waals surface area contributed by atoms with Crippen molar-refractivity contribution in [2.45, 2.75) is 19.1 Å². The molecule has 0 aliphatic carbocycles. The Balaban J connectivity index is 1.47. The van der Waals surface area contributed by atoms with Crippen molar-refractivity contribution < 1.29 is 15.0 Å². The van der Waals surface area contributed by atoms with E-state index in [0.29, 0.717) is 23.1 Å². The highest BCUT2D eigenvalue weighted by Gasteiger charge is 2.11. The van der Waals surface area contributed by atoms with Crippen LogP contribution in [-0.2, 0) is 0 Å². The van der Waals surface area contributed by atoms with Gasteiger partial charge < -0.3 is 20.8 Å². The van der Waals surface area contributed by atoms with Crippen LogP contribution in [0.1, 0.15) is 29.1 Å². The highest BCUT2D eigenvalue weighted by atomic mass is 35.5. The number of halogens is 1. The molecule has 8 heteroatoms. The lowest BCUT2D eigenvalue weighted by Crippen LogP contribution is -2.35. The van der Waals surface area contributed by atoms with Gasteiger partial charge in [-0.05, 0) is 48.9 Å². The summed E-state index contributed by atoms with van der Waals surface area (Å²) in [5, 5.41) is 28.7. The summed E-state index contributed by atoms with van der Waals surface area (Å²) in [4.78, 5) is 15.1. The molecule has 2 atom stereocenters. The average Bonchev–Trinajstić information content (AvgIpc) is 3.21. The van der Waals surface area contributed by atoms with Gasteiger partial charge in [0.05, 0.1) is 6.10 Å². The van der Waals surface area contributed by atoms with Crippen molar-refractivity contribution in [3.63, 3.8) is 0 Å². The fraction of sp³-hybridized carbons (Fsp3) is 0.238. The Hall–Kier alpha value is -2.45. The maximum absolute atomic E-state index is 10.9. The zero-order valence-corrected chi connectivity index (χ0v) is 17.4. The van der Waals surface area contributed by atoms with Gasteiger partial charge in [-0.3, -0.25) is 0 Å². The second-order valence-electron chi connectivity index (χ2n) is 6.68. The van der Waals surface area contributed by atoms with Crippen LogP contribution in [0, 0.1) is 0 Å². The van der Waals surface area contributed by atoms with E-state index in [-0.39, 0.29) is 11.7 Å². The molecule has 1 aromatic heterocycles. The molecule has 152 valence electrons. The van der Waals surface area contributed by atoms with Crippen molar-refractivity contribution >= 4 is 34.6 Å². The quantitative estimate of drug-likeness (QED) is 0.404. The molecule has 0 amide bonds. The van der Waals surface area contributed by atoms with Gasteiger partial charge in [0, 0.05) is 40.8 Å². The number of benzene rings is 2. The minimum Gasteiger partial charge on any atom is -0.476 e. The number of aromatic nitrogens is 1. The molecule has 3 rings (SSSR count). The number of thiazole rings is 1. The van der Waals surface area contributed by atoms with E-state index in [1.54, 1.807) is 12.1 Å². The van der Waals surface area contributed by atoms with E-state index in [9.17, 15) is 9.90 Å². The number of anilines is 1. The summed E-state index contributed by atoms with van der Waals surface area (Å²) in [6.45, 7) is 3.15. The summed E-state index contributed by atoms with van der Waals surface area (Å²) in [6, 6.07) is 15.1. The summed E-state index contributed by atoms with van der Waals surface area (Å²) in [5.41, 5.74) is 2.68. The topological polar surface area (TPSA) is 94.5 Å². The first kappa shape index (κ1) is 21.3. The molecular formula is C21H22ClN3O3S. The normalized spacial score (nSPS) is 13.1. The van der Waals surface area contributed by atoms with Crippen LogP contribution in [0.25, 0.3) is 10.6 Å². The molecule has 0 aliphatic heterocycles. The second kappa shape index (κ2) is 9.84. The molecule has 0 bridgehead atoms. The van der Waals surface area contributed by atoms with E-state index in [4.69, 9.17) is 16.7 Å². The maximum atomic E-state index is 10.9. The molecule has 29 heavy (non-hydrogen) atoms. The standard InChI is InChI=1S/C21H22ClN3O3S/c1-13(23-11-19(26)15-3-2-4-16(22)9-15)10-24-17-7-5-14(6-8-17)20-25-18(12-29-20)21(27)28/h2-9,12-13,19,23-24,26H,10-11H2,1H3,(H,27,28)/t13-,19+/m1/s1. The summed E-state index contributed by atoms with van der Waals surface area (Å²) < 4.78 is 0. The van der Waals surface area contributed by atoms with Gasteiger partial charge in [0.25, 0.3) is 0 Å². The number of carbonyl (C=O) groups is 1. The molecule has 0 saturated heterocycles. The lowest BCUT2D eigenvalue weighted by molar-refractivity contribution is 0.0691. The number of hydrogen-bond donors (Lipinski definition) is 4. The largest absolute Gasteiger partial charge is 0.476 e. The summed E-state index contributed by atoms with van der Waals surface area (Å²) >= 11 is 7.27. The number of rotatable bonds is 9. The fourth-order valence-electron chi connectivity index (χ4n) is 2.72. The van der Waals surface area contributed by atoms with Crippen molar-refractivity contribution in [1.82, 2.24) is 10.3 Å². The average molecular weight is 432 g/mol. The van der Waals surface area contributed by atoms with E-state index in [2.05, 4.69) is 15.6 Å². The Bertz CT molecular complexity index is 962. The van der Waals surface area contributed by atoms with Crippen LogP contribution in [0.2, 0.25) is 5.02 Å².